The Kier molecular flexibility index (Phi) is 8.42. The summed E-state index contributed by atoms with van der Waals surface area (Å²) in [6, 6.07) is 1.79. The smallest absolute Gasteiger partial charge is 0.258 e. The first-order valence-corrected chi connectivity index (χ1v) is 5.77. The van der Waals surface area contributed by atoms with Crippen molar-refractivity contribution in [3.8, 4) is 0 Å². The van der Waals surface area contributed by atoms with Gasteiger partial charge in [0.05, 0.1) is 6.04 Å². The molecule has 0 radical (unpaired) electrons. The minimum absolute atomic E-state index is 0. The topological polar surface area (TPSA) is 15.3 Å². The van der Waals surface area contributed by atoms with Crippen molar-refractivity contribution in [1.29, 1.82) is 0 Å². The van der Waals surface area contributed by atoms with Gasteiger partial charge in [-0.2, -0.15) is 0 Å². The molecule has 1 aliphatic rings. The van der Waals surface area contributed by atoms with Gasteiger partial charge in [0, 0.05) is 26.2 Å². The molecule has 0 saturated carbocycles. The number of halogens is 6. The molecule has 116 valence electrons. The van der Waals surface area contributed by atoms with Crippen LogP contribution in [0.25, 0.3) is 0 Å². The van der Waals surface area contributed by atoms with Crippen molar-refractivity contribution in [3.63, 3.8) is 0 Å². The van der Waals surface area contributed by atoms with Gasteiger partial charge in [0.1, 0.15) is 0 Å². The summed E-state index contributed by atoms with van der Waals surface area (Å²) in [5.74, 6) is -2.11. The normalized spacial score (nSPS) is 17.2. The minimum atomic E-state index is -2.63. The fourth-order valence-electron chi connectivity index (χ4n) is 2.17. The zero-order valence-electron chi connectivity index (χ0n) is 10.5. The first-order chi connectivity index (χ1) is 8.59. The molecule has 0 aliphatic carbocycles. The second-order valence-corrected chi connectivity index (χ2v) is 4.24. The molecule has 1 N–H and O–H groups in total. The van der Waals surface area contributed by atoms with Crippen LogP contribution in [-0.2, 0) is 0 Å². The van der Waals surface area contributed by atoms with Gasteiger partial charge in [0.15, 0.2) is 11.6 Å². The van der Waals surface area contributed by atoms with Crippen molar-refractivity contribution >= 4 is 24.8 Å². The second kappa shape index (κ2) is 8.67. The van der Waals surface area contributed by atoms with Crippen LogP contribution < -0.4 is 5.32 Å². The fraction of sp³-hybridized carbons (Fsp3) is 0.500. The number of piperazine rings is 1. The molecular formula is C12H16Cl2F4N2. The predicted octanol–water partition coefficient (Wildman–Crippen LogP) is 3.02. The van der Waals surface area contributed by atoms with Crippen LogP contribution in [0.1, 0.15) is 11.6 Å². The van der Waals surface area contributed by atoms with E-state index in [1.807, 2.05) is 0 Å². The summed E-state index contributed by atoms with van der Waals surface area (Å²) in [7, 11) is 0. The van der Waals surface area contributed by atoms with Gasteiger partial charge in [0.25, 0.3) is 6.43 Å². The molecule has 20 heavy (non-hydrogen) atoms. The predicted molar refractivity (Wildman–Crippen MR) is 74.0 cm³/mol. The van der Waals surface area contributed by atoms with Crippen molar-refractivity contribution in [1.82, 2.24) is 10.2 Å². The van der Waals surface area contributed by atoms with E-state index < -0.39 is 24.1 Å². The van der Waals surface area contributed by atoms with E-state index in [2.05, 4.69) is 5.32 Å². The SMILES string of the molecule is Cl.Cl.Fc1ccc([C@H](C(F)F)N2CCNCC2)cc1F. The Hall–Kier alpha value is -0.560. The molecule has 1 aromatic carbocycles. The molecule has 0 unspecified atom stereocenters. The highest BCUT2D eigenvalue weighted by Crippen LogP contribution is 2.28. The maximum absolute atomic E-state index is 13.1. The maximum atomic E-state index is 13.1. The highest BCUT2D eigenvalue weighted by molar-refractivity contribution is 5.85. The van der Waals surface area contributed by atoms with Crippen molar-refractivity contribution < 1.29 is 17.6 Å². The second-order valence-electron chi connectivity index (χ2n) is 4.24. The summed E-state index contributed by atoms with van der Waals surface area (Å²) in [4.78, 5) is 1.59. The van der Waals surface area contributed by atoms with E-state index in [0.717, 1.165) is 12.1 Å². The molecule has 8 heteroatoms. The van der Waals surface area contributed by atoms with E-state index in [1.54, 1.807) is 4.90 Å². The highest BCUT2D eigenvalue weighted by Gasteiger charge is 2.30. The van der Waals surface area contributed by atoms with Gasteiger partial charge in [-0.3, -0.25) is 4.90 Å². The zero-order chi connectivity index (χ0) is 13.1. The molecule has 0 amide bonds. The van der Waals surface area contributed by atoms with Crippen LogP contribution in [0.4, 0.5) is 17.6 Å². The number of alkyl halides is 2. The van der Waals surface area contributed by atoms with Crippen LogP contribution in [-0.4, -0.2) is 37.5 Å². The van der Waals surface area contributed by atoms with Crippen LogP contribution in [0.3, 0.4) is 0 Å². The zero-order valence-corrected chi connectivity index (χ0v) is 12.1. The van der Waals surface area contributed by atoms with Gasteiger partial charge < -0.3 is 5.32 Å². The minimum Gasteiger partial charge on any atom is -0.314 e. The summed E-state index contributed by atoms with van der Waals surface area (Å²) in [6.45, 7) is 2.17. The van der Waals surface area contributed by atoms with Crippen LogP contribution >= 0.6 is 24.8 Å². The molecule has 1 atom stereocenters. The Labute approximate surface area is 127 Å². The molecule has 1 fully saturated rings. The Morgan fingerprint density at radius 1 is 1.00 bits per heavy atom. The van der Waals surface area contributed by atoms with Crippen molar-refractivity contribution in [2.24, 2.45) is 0 Å². The number of hydrogen-bond acceptors (Lipinski definition) is 2. The molecule has 0 aromatic heterocycles. The average molecular weight is 335 g/mol. The van der Waals surface area contributed by atoms with Crippen LogP contribution in [0.15, 0.2) is 18.2 Å². The number of rotatable bonds is 3. The van der Waals surface area contributed by atoms with E-state index >= 15 is 0 Å². The molecule has 1 saturated heterocycles. The average Bonchev–Trinajstić information content (AvgIpc) is 2.35. The summed E-state index contributed by atoms with van der Waals surface area (Å²) in [5.41, 5.74) is 0.116. The third kappa shape index (κ3) is 4.48. The molecule has 2 rings (SSSR count). The van der Waals surface area contributed by atoms with Crippen molar-refractivity contribution in [2.45, 2.75) is 12.5 Å². The number of nitrogens with zero attached hydrogens (tertiary/aromatic N) is 1. The molecule has 1 aromatic rings. The molecule has 0 bridgehead atoms. The number of hydrogen-bond donors (Lipinski definition) is 1. The lowest BCUT2D eigenvalue weighted by Crippen LogP contribution is -2.46. The van der Waals surface area contributed by atoms with Crippen LogP contribution in [0, 0.1) is 11.6 Å². The Morgan fingerprint density at radius 3 is 2.10 bits per heavy atom. The van der Waals surface area contributed by atoms with Gasteiger partial charge in [-0.1, -0.05) is 6.07 Å². The summed E-state index contributed by atoms with van der Waals surface area (Å²) < 4.78 is 52.2. The van der Waals surface area contributed by atoms with Gasteiger partial charge in [-0.25, -0.2) is 17.6 Å². The molecular weight excluding hydrogens is 319 g/mol. The molecule has 2 nitrogen and oxygen atoms in total. The number of nitrogens with one attached hydrogen (secondary N) is 1. The summed E-state index contributed by atoms with van der Waals surface area (Å²) in [6.07, 6.45) is -2.63. The van der Waals surface area contributed by atoms with Gasteiger partial charge in [0.2, 0.25) is 0 Å². The molecule has 1 heterocycles. The highest BCUT2D eigenvalue weighted by atomic mass is 35.5. The summed E-state index contributed by atoms with van der Waals surface area (Å²) in [5, 5.41) is 3.06. The Morgan fingerprint density at radius 2 is 1.60 bits per heavy atom. The fourth-order valence-corrected chi connectivity index (χ4v) is 2.17. The van der Waals surface area contributed by atoms with Crippen LogP contribution in [0.2, 0.25) is 0 Å². The monoisotopic (exact) mass is 334 g/mol. The Balaban J connectivity index is 0.00000180. The Bertz CT molecular complexity index is 414. The lowest BCUT2D eigenvalue weighted by atomic mass is 10.0. The largest absolute Gasteiger partial charge is 0.314 e. The van der Waals surface area contributed by atoms with Crippen molar-refractivity contribution in [3.05, 3.63) is 35.4 Å². The van der Waals surface area contributed by atoms with E-state index in [1.165, 1.54) is 6.07 Å². The number of benzene rings is 1. The standard InChI is InChI=1S/C12H14F4N2.2ClH/c13-9-2-1-8(7-10(9)14)11(12(15)16)18-5-3-17-4-6-18;;/h1-2,7,11-12,17H,3-6H2;2*1H/t11-;;/m1../s1. The van der Waals surface area contributed by atoms with Gasteiger partial charge in [-0.05, 0) is 17.7 Å². The van der Waals surface area contributed by atoms with E-state index in [4.69, 9.17) is 0 Å². The first kappa shape index (κ1) is 19.4. The lowest BCUT2D eigenvalue weighted by molar-refractivity contribution is 0.0180. The maximum Gasteiger partial charge on any atom is 0.258 e. The molecule has 0 spiro atoms. The van der Waals surface area contributed by atoms with E-state index in [-0.39, 0.29) is 30.4 Å². The third-order valence-electron chi connectivity index (χ3n) is 3.07. The summed E-state index contributed by atoms with van der Waals surface area (Å²) >= 11 is 0. The van der Waals surface area contributed by atoms with Crippen LogP contribution in [0.5, 0.6) is 0 Å². The van der Waals surface area contributed by atoms with Gasteiger partial charge in [-0.15, -0.1) is 24.8 Å². The third-order valence-corrected chi connectivity index (χ3v) is 3.07. The quantitative estimate of drug-likeness (QED) is 0.855. The van der Waals surface area contributed by atoms with E-state index in [0.29, 0.717) is 26.2 Å². The van der Waals surface area contributed by atoms with E-state index in [9.17, 15) is 17.6 Å². The first-order valence-electron chi connectivity index (χ1n) is 5.77. The lowest BCUT2D eigenvalue weighted by Gasteiger charge is -2.34. The van der Waals surface area contributed by atoms with Gasteiger partial charge >= 0.3 is 0 Å². The molecule has 1 aliphatic heterocycles. The van der Waals surface area contributed by atoms with Crippen molar-refractivity contribution in [2.75, 3.05) is 26.2 Å².